The standard InChI is InChI=1S/C16H17ClFN3O3S2/c1-11-19-12(10-25-11)8-16(22)20-4-6-21(7-5-20)26(23,24)13-2-3-15(18)14(17)9-13/h2-3,9-10H,4-8H2,1H3. The molecule has 0 aliphatic carbocycles. The van der Waals surface area contributed by atoms with Crippen LogP contribution in [0.5, 0.6) is 0 Å². The molecule has 0 spiro atoms. The monoisotopic (exact) mass is 417 g/mol. The average Bonchev–Trinajstić information content (AvgIpc) is 3.02. The first kappa shape index (κ1) is 19.2. The third-order valence-electron chi connectivity index (χ3n) is 4.12. The lowest BCUT2D eigenvalue weighted by Crippen LogP contribution is -2.50. The van der Waals surface area contributed by atoms with Gasteiger partial charge in [0.2, 0.25) is 15.9 Å². The van der Waals surface area contributed by atoms with Crippen LogP contribution in [0.15, 0.2) is 28.5 Å². The zero-order valence-electron chi connectivity index (χ0n) is 14.0. The van der Waals surface area contributed by atoms with Gasteiger partial charge in [-0.15, -0.1) is 11.3 Å². The van der Waals surface area contributed by atoms with Crippen LogP contribution in [0.25, 0.3) is 0 Å². The second-order valence-electron chi connectivity index (χ2n) is 5.90. The number of benzene rings is 1. The Bertz CT molecular complexity index is 925. The third kappa shape index (κ3) is 4.06. The lowest BCUT2D eigenvalue weighted by molar-refractivity contribution is -0.131. The van der Waals surface area contributed by atoms with Crippen LogP contribution in [-0.2, 0) is 21.2 Å². The van der Waals surface area contributed by atoms with E-state index >= 15 is 0 Å². The van der Waals surface area contributed by atoms with E-state index in [4.69, 9.17) is 11.6 Å². The number of thiazole rings is 1. The molecule has 0 unspecified atom stereocenters. The van der Waals surface area contributed by atoms with Gasteiger partial charge in [0.05, 0.1) is 27.0 Å². The van der Waals surface area contributed by atoms with Crippen LogP contribution in [0.3, 0.4) is 0 Å². The largest absolute Gasteiger partial charge is 0.340 e. The lowest BCUT2D eigenvalue weighted by atomic mass is 10.2. The van der Waals surface area contributed by atoms with Gasteiger partial charge in [0, 0.05) is 31.6 Å². The van der Waals surface area contributed by atoms with Gasteiger partial charge in [-0.3, -0.25) is 4.79 Å². The number of halogens is 2. The molecule has 1 saturated heterocycles. The molecule has 1 aromatic heterocycles. The fourth-order valence-electron chi connectivity index (χ4n) is 2.72. The molecule has 1 aromatic carbocycles. The van der Waals surface area contributed by atoms with Crippen molar-refractivity contribution in [3.8, 4) is 0 Å². The summed E-state index contributed by atoms with van der Waals surface area (Å²) >= 11 is 7.18. The van der Waals surface area contributed by atoms with Crippen LogP contribution in [0.2, 0.25) is 5.02 Å². The molecule has 6 nitrogen and oxygen atoms in total. The summed E-state index contributed by atoms with van der Waals surface area (Å²) in [5.74, 6) is -0.740. The number of rotatable bonds is 4. The summed E-state index contributed by atoms with van der Waals surface area (Å²) in [6.45, 7) is 2.84. The Kier molecular flexibility index (Phi) is 5.61. The topological polar surface area (TPSA) is 70.6 Å². The molecule has 10 heteroatoms. The Morgan fingerprint density at radius 3 is 2.58 bits per heavy atom. The number of carbonyl (C=O) groups excluding carboxylic acids is 1. The maximum Gasteiger partial charge on any atom is 0.243 e. The van der Waals surface area contributed by atoms with E-state index in [2.05, 4.69) is 4.98 Å². The molecule has 0 radical (unpaired) electrons. The summed E-state index contributed by atoms with van der Waals surface area (Å²) in [7, 11) is -3.77. The summed E-state index contributed by atoms with van der Waals surface area (Å²) in [6.07, 6.45) is 0.213. The molecular weight excluding hydrogens is 401 g/mol. The van der Waals surface area contributed by atoms with Crippen molar-refractivity contribution in [2.45, 2.75) is 18.2 Å². The number of aryl methyl sites for hydroxylation is 1. The first-order valence-electron chi connectivity index (χ1n) is 7.91. The Balaban J connectivity index is 1.63. The molecule has 1 aliphatic rings. The number of amides is 1. The molecule has 3 rings (SSSR count). The van der Waals surface area contributed by atoms with E-state index in [-0.39, 0.29) is 35.3 Å². The molecular formula is C16H17ClFN3O3S2. The maximum atomic E-state index is 13.3. The average molecular weight is 418 g/mol. The number of piperazine rings is 1. The summed E-state index contributed by atoms with van der Waals surface area (Å²) in [5, 5.41) is 2.52. The Morgan fingerprint density at radius 1 is 1.31 bits per heavy atom. The van der Waals surface area contributed by atoms with Gasteiger partial charge < -0.3 is 4.90 Å². The normalized spacial score (nSPS) is 16.0. The van der Waals surface area contributed by atoms with E-state index in [1.54, 1.807) is 4.90 Å². The minimum absolute atomic E-state index is 0.0541. The quantitative estimate of drug-likeness (QED) is 0.765. The molecule has 1 aliphatic heterocycles. The van der Waals surface area contributed by atoms with E-state index in [1.165, 1.54) is 21.7 Å². The minimum Gasteiger partial charge on any atom is -0.340 e. The van der Waals surface area contributed by atoms with E-state index in [0.717, 1.165) is 22.8 Å². The van der Waals surface area contributed by atoms with E-state index in [0.29, 0.717) is 13.1 Å². The van der Waals surface area contributed by atoms with Crippen molar-refractivity contribution < 1.29 is 17.6 Å². The highest BCUT2D eigenvalue weighted by Gasteiger charge is 2.30. The van der Waals surface area contributed by atoms with Gasteiger partial charge in [-0.1, -0.05) is 11.6 Å². The first-order valence-corrected chi connectivity index (χ1v) is 10.6. The number of hydrogen-bond donors (Lipinski definition) is 0. The predicted octanol–water partition coefficient (Wildman–Crippen LogP) is 2.32. The van der Waals surface area contributed by atoms with Gasteiger partial charge in [-0.2, -0.15) is 4.31 Å². The fourth-order valence-corrected chi connectivity index (χ4v) is 5.03. The zero-order chi connectivity index (χ0) is 18.9. The summed E-state index contributed by atoms with van der Waals surface area (Å²) in [4.78, 5) is 18.2. The van der Waals surface area contributed by atoms with Crippen molar-refractivity contribution in [3.63, 3.8) is 0 Å². The summed E-state index contributed by atoms with van der Waals surface area (Å²) in [5.41, 5.74) is 0.730. The highest BCUT2D eigenvalue weighted by Crippen LogP contribution is 2.23. The second-order valence-corrected chi connectivity index (χ2v) is 9.30. The summed E-state index contributed by atoms with van der Waals surface area (Å²) in [6, 6.07) is 3.33. The molecule has 2 heterocycles. The number of carbonyl (C=O) groups is 1. The predicted molar refractivity (Wildman–Crippen MR) is 97.3 cm³/mol. The maximum absolute atomic E-state index is 13.3. The van der Waals surface area contributed by atoms with Gasteiger partial charge in [-0.05, 0) is 25.1 Å². The van der Waals surface area contributed by atoms with Crippen molar-refractivity contribution in [1.82, 2.24) is 14.2 Å². The molecule has 0 N–H and O–H groups in total. The number of sulfonamides is 1. The number of aromatic nitrogens is 1. The van der Waals surface area contributed by atoms with Gasteiger partial charge in [0.1, 0.15) is 5.82 Å². The van der Waals surface area contributed by atoms with Crippen LogP contribution in [-0.4, -0.2) is 54.7 Å². The second kappa shape index (κ2) is 7.59. The Hall–Kier alpha value is -1.55. The van der Waals surface area contributed by atoms with Gasteiger partial charge >= 0.3 is 0 Å². The third-order valence-corrected chi connectivity index (χ3v) is 7.13. The van der Waals surface area contributed by atoms with Crippen LogP contribution in [0.4, 0.5) is 4.39 Å². The minimum atomic E-state index is -3.77. The van der Waals surface area contributed by atoms with E-state index in [9.17, 15) is 17.6 Å². The lowest BCUT2D eigenvalue weighted by Gasteiger charge is -2.34. The molecule has 1 fully saturated rings. The molecule has 0 saturated carbocycles. The highest BCUT2D eigenvalue weighted by molar-refractivity contribution is 7.89. The molecule has 0 bridgehead atoms. The van der Waals surface area contributed by atoms with Gasteiger partial charge in [-0.25, -0.2) is 17.8 Å². The van der Waals surface area contributed by atoms with E-state index in [1.807, 2.05) is 12.3 Å². The van der Waals surface area contributed by atoms with Crippen molar-refractivity contribution in [1.29, 1.82) is 0 Å². The van der Waals surface area contributed by atoms with Crippen LogP contribution in [0.1, 0.15) is 10.7 Å². The van der Waals surface area contributed by atoms with Crippen molar-refractivity contribution in [3.05, 3.63) is 45.1 Å². The van der Waals surface area contributed by atoms with Crippen LogP contribution in [0, 0.1) is 12.7 Å². The van der Waals surface area contributed by atoms with Crippen molar-refractivity contribution >= 4 is 38.9 Å². The van der Waals surface area contributed by atoms with Crippen molar-refractivity contribution in [2.75, 3.05) is 26.2 Å². The first-order chi connectivity index (χ1) is 12.3. The molecule has 140 valence electrons. The SMILES string of the molecule is Cc1nc(CC(=O)N2CCN(S(=O)(=O)c3ccc(F)c(Cl)c3)CC2)cs1. The number of nitrogens with zero attached hydrogens (tertiary/aromatic N) is 3. The van der Waals surface area contributed by atoms with Crippen molar-refractivity contribution in [2.24, 2.45) is 0 Å². The molecule has 26 heavy (non-hydrogen) atoms. The number of hydrogen-bond acceptors (Lipinski definition) is 5. The highest BCUT2D eigenvalue weighted by atomic mass is 35.5. The van der Waals surface area contributed by atoms with E-state index < -0.39 is 15.8 Å². The Morgan fingerprint density at radius 2 is 2.00 bits per heavy atom. The zero-order valence-corrected chi connectivity index (χ0v) is 16.4. The van der Waals surface area contributed by atoms with Crippen LogP contribution >= 0.6 is 22.9 Å². The van der Waals surface area contributed by atoms with Gasteiger partial charge in [0.15, 0.2) is 0 Å². The van der Waals surface area contributed by atoms with Gasteiger partial charge in [0.25, 0.3) is 0 Å². The Labute approximate surface area is 160 Å². The summed E-state index contributed by atoms with van der Waals surface area (Å²) < 4.78 is 39.9. The molecule has 1 amide bonds. The molecule has 2 aromatic rings. The fraction of sp³-hybridized carbons (Fsp3) is 0.375. The molecule has 0 atom stereocenters. The van der Waals surface area contributed by atoms with Crippen LogP contribution < -0.4 is 0 Å². The smallest absolute Gasteiger partial charge is 0.243 e.